The fraction of sp³-hybridized carbons (Fsp3) is 0.333. The summed E-state index contributed by atoms with van der Waals surface area (Å²) in [6, 6.07) is 5.98. The van der Waals surface area contributed by atoms with E-state index in [0.717, 1.165) is 10.6 Å². The normalized spacial score (nSPS) is 18.8. The van der Waals surface area contributed by atoms with Crippen LogP contribution in [0.4, 0.5) is 5.69 Å². The number of furan rings is 1. The number of sulfonamides is 1. The Labute approximate surface area is 138 Å². The molecule has 1 aromatic heterocycles. The molecule has 1 aromatic carbocycles. The van der Waals surface area contributed by atoms with Crippen molar-refractivity contribution in [3.63, 3.8) is 0 Å². The Kier molecular flexibility index (Phi) is 4.06. The van der Waals surface area contributed by atoms with E-state index in [1.54, 1.807) is 24.3 Å². The Hall–Kier alpha value is -2.39. The van der Waals surface area contributed by atoms with E-state index < -0.39 is 27.9 Å². The first-order valence-electron chi connectivity index (χ1n) is 7.38. The van der Waals surface area contributed by atoms with Crippen LogP contribution in [0, 0.1) is 0 Å². The molecule has 9 heteroatoms. The minimum Gasteiger partial charge on any atom is -0.449 e. The van der Waals surface area contributed by atoms with Gasteiger partial charge in [0.05, 0.1) is 6.26 Å². The number of hydrogen-bond acceptors (Lipinski definition) is 5. The standard InChI is InChI=1S/C15H17N3O5S/c1-24(21,22)18-8-4-6-10(18)15(20)17-12-9-5-2-3-7-11(9)23-13(12)14(16)19/h2-3,5,7,10H,4,6,8H2,1H3,(H2,16,19)(H,17,20)/t10-/m0/s1. The third-order valence-electron chi connectivity index (χ3n) is 4.00. The lowest BCUT2D eigenvalue weighted by Gasteiger charge is -2.21. The molecule has 3 N–H and O–H groups in total. The van der Waals surface area contributed by atoms with Gasteiger partial charge in [0.25, 0.3) is 5.91 Å². The summed E-state index contributed by atoms with van der Waals surface area (Å²) in [4.78, 5) is 24.2. The Morgan fingerprint density at radius 2 is 2.04 bits per heavy atom. The van der Waals surface area contributed by atoms with Gasteiger partial charge < -0.3 is 15.5 Å². The average Bonchev–Trinajstić information content (AvgIpc) is 3.12. The average molecular weight is 351 g/mol. The summed E-state index contributed by atoms with van der Waals surface area (Å²) in [5.74, 6) is -1.48. The smallest absolute Gasteiger partial charge is 0.286 e. The Morgan fingerprint density at radius 3 is 2.71 bits per heavy atom. The Bertz CT molecular complexity index is 918. The van der Waals surface area contributed by atoms with Crippen LogP contribution in [0.2, 0.25) is 0 Å². The highest BCUT2D eigenvalue weighted by molar-refractivity contribution is 7.88. The molecule has 3 rings (SSSR count). The minimum atomic E-state index is -3.49. The Morgan fingerprint density at radius 1 is 1.33 bits per heavy atom. The van der Waals surface area contributed by atoms with Crippen LogP contribution in [0.25, 0.3) is 11.0 Å². The predicted molar refractivity (Wildman–Crippen MR) is 87.9 cm³/mol. The molecule has 8 nitrogen and oxygen atoms in total. The lowest BCUT2D eigenvalue weighted by Crippen LogP contribution is -2.42. The van der Waals surface area contributed by atoms with E-state index in [1.807, 2.05) is 0 Å². The van der Waals surface area contributed by atoms with E-state index in [0.29, 0.717) is 30.4 Å². The molecule has 2 amide bonds. The molecule has 1 fully saturated rings. The number of benzene rings is 1. The van der Waals surface area contributed by atoms with Gasteiger partial charge in [-0.25, -0.2) is 8.42 Å². The number of carbonyl (C=O) groups excluding carboxylic acids is 2. The number of anilines is 1. The molecule has 0 aliphatic carbocycles. The van der Waals surface area contributed by atoms with Crippen LogP contribution in [0.5, 0.6) is 0 Å². The topological polar surface area (TPSA) is 123 Å². The summed E-state index contributed by atoms with van der Waals surface area (Å²) in [7, 11) is -3.49. The van der Waals surface area contributed by atoms with Gasteiger partial charge in [-0.05, 0) is 25.0 Å². The number of nitrogens with two attached hydrogens (primary N) is 1. The van der Waals surface area contributed by atoms with E-state index in [9.17, 15) is 18.0 Å². The molecule has 1 atom stereocenters. The van der Waals surface area contributed by atoms with E-state index in [4.69, 9.17) is 10.2 Å². The van der Waals surface area contributed by atoms with Crippen molar-refractivity contribution in [2.75, 3.05) is 18.1 Å². The van der Waals surface area contributed by atoms with E-state index in [2.05, 4.69) is 5.32 Å². The molecule has 0 radical (unpaired) electrons. The maximum atomic E-state index is 12.6. The highest BCUT2D eigenvalue weighted by Crippen LogP contribution is 2.31. The minimum absolute atomic E-state index is 0.159. The first-order valence-corrected chi connectivity index (χ1v) is 9.23. The first-order chi connectivity index (χ1) is 11.3. The maximum absolute atomic E-state index is 12.6. The van der Waals surface area contributed by atoms with E-state index in [1.165, 1.54) is 0 Å². The summed E-state index contributed by atoms with van der Waals surface area (Å²) in [5.41, 5.74) is 5.89. The third-order valence-corrected chi connectivity index (χ3v) is 5.29. The largest absolute Gasteiger partial charge is 0.449 e. The van der Waals surface area contributed by atoms with Crippen LogP contribution in [0.1, 0.15) is 23.4 Å². The third kappa shape index (κ3) is 2.87. The molecular formula is C15H17N3O5S. The predicted octanol–water partition coefficient (Wildman–Crippen LogP) is 0.894. The van der Waals surface area contributed by atoms with Gasteiger partial charge in [-0.15, -0.1) is 0 Å². The SMILES string of the molecule is CS(=O)(=O)N1CCC[C@H]1C(=O)Nc1c(C(N)=O)oc2ccccc12. The van der Waals surface area contributed by atoms with Crippen molar-refractivity contribution >= 4 is 38.5 Å². The molecule has 1 saturated heterocycles. The molecule has 2 heterocycles. The van der Waals surface area contributed by atoms with Crippen molar-refractivity contribution in [1.82, 2.24) is 4.31 Å². The summed E-state index contributed by atoms with van der Waals surface area (Å²) in [6.45, 7) is 0.297. The zero-order valence-electron chi connectivity index (χ0n) is 13.0. The molecule has 2 aromatic rings. The van der Waals surface area contributed by atoms with Gasteiger partial charge in [0.15, 0.2) is 0 Å². The molecule has 24 heavy (non-hydrogen) atoms. The summed E-state index contributed by atoms with van der Waals surface area (Å²) in [6.07, 6.45) is 2.08. The first kappa shape index (κ1) is 16.5. The summed E-state index contributed by atoms with van der Waals surface area (Å²) in [5, 5.41) is 3.15. The fourth-order valence-electron chi connectivity index (χ4n) is 2.95. The number of primary amides is 1. The number of hydrogen-bond donors (Lipinski definition) is 2. The highest BCUT2D eigenvalue weighted by Gasteiger charge is 2.37. The number of nitrogens with zero attached hydrogens (tertiary/aromatic N) is 1. The van der Waals surface area contributed by atoms with Crippen molar-refractivity contribution in [3.8, 4) is 0 Å². The lowest BCUT2D eigenvalue weighted by molar-refractivity contribution is -0.119. The number of carbonyl (C=O) groups is 2. The van der Waals surface area contributed by atoms with Gasteiger partial charge in [0, 0.05) is 11.9 Å². The molecule has 0 unspecified atom stereocenters. The van der Waals surface area contributed by atoms with Gasteiger partial charge in [0.1, 0.15) is 17.3 Å². The van der Waals surface area contributed by atoms with Crippen LogP contribution in [0.15, 0.2) is 28.7 Å². The number of para-hydroxylation sites is 1. The molecular weight excluding hydrogens is 334 g/mol. The van der Waals surface area contributed by atoms with Gasteiger partial charge >= 0.3 is 0 Å². The second-order valence-corrected chi connectivity index (χ2v) is 7.62. The molecule has 0 spiro atoms. The maximum Gasteiger partial charge on any atom is 0.286 e. The van der Waals surface area contributed by atoms with Crippen molar-refractivity contribution in [2.24, 2.45) is 5.73 Å². The lowest BCUT2D eigenvalue weighted by atomic mass is 10.2. The summed E-state index contributed by atoms with van der Waals surface area (Å²) >= 11 is 0. The van der Waals surface area contributed by atoms with Crippen LogP contribution in [0.3, 0.4) is 0 Å². The summed E-state index contributed by atoms with van der Waals surface area (Å²) < 4.78 is 30.1. The number of amides is 2. The Balaban J connectivity index is 1.96. The van der Waals surface area contributed by atoms with Gasteiger partial charge in [-0.2, -0.15) is 4.31 Å². The van der Waals surface area contributed by atoms with Crippen LogP contribution < -0.4 is 11.1 Å². The number of nitrogens with one attached hydrogen (secondary N) is 1. The van der Waals surface area contributed by atoms with Crippen molar-refractivity contribution in [1.29, 1.82) is 0 Å². The zero-order valence-corrected chi connectivity index (χ0v) is 13.8. The zero-order chi connectivity index (χ0) is 17.5. The number of fused-ring (bicyclic) bond motifs is 1. The van der Waals surface area contributed by atoms with Gasteiger partial charge in [0.2, 0.25) is 21.7 Å². The molecule has 1 aliphatic heterocycles. The fourth-order valence-corrected chi connectivity index (χ4v) is 4.07. The molecule has 1 aliphatic rings. The molecule has 128 valence electrons. The molecule has 0 saturated carbocycles. The quantitative estimate of drug-likeness (QED) is 0.847. The van der Waals surface area contributed by atoms with Gasteiger partial charge in [-0.1, -0.05) is 12.1 Å². The van der Waals surface area contributed by atoms with Crippen LogP contribution in [-0.2, 0) is 14.8 Å². The van der Waals surface area contributed by atoms with E-state index in [-0.39, 0.29) is 11.4 Å². The monoisotopic (exact) mass is 351 g/mol. The van der Waals surface area contributed by atoms with Crippen molar-refractivity contribution < 1.29 is 22.4 Å². The van der Waals surface area contributed by atoms with Crippen LogP contribution in [-0.4, -0.2) is 43.4 Å². The van der Waals surface area contributed by atoms with Crippen molar-refractivity contribution in [2.45, 2.75) is 18.9 Å². The number of rotatable bonds is 4. The van der Waals surface area contributed by atoms with Crippen LogP contribution >= 0.6 is 0 Å². The molecule has 0 bridgehead atoms. The van der Waals surface area contributed by atoms with E-state index >= 15 is 0 Å². The highest BCUT2D eigenvalue weighted by atomic mass is 32.2. The second kappa shape index (κ2) is 5.91. The van der Waals surface area contributed by atoms with Gasteiger partial charge in [-0.3, -0.25) is 9.59 Å². The van der Waals surface area contributed by atoms with Crippen molar-refractivity contribution in [3.05, 3.63) is 30.0 Å². The second-order valence-electron chi connectivity index (χ2n) is 5.69.